The summed E-state index contributed by atoms with van der Waals surface area (Å²) < 4.78 is 0. The van der Waals surface area contributed by atoms with Gasteiger partial charge in [0.1, 0.15) is 0 Å². The van der Waals surface area contributed by atoms with E-state index in [0.717, 1.165) is 25.7 Å². The first kappa shape index (κ1) is 12.7. The first-order chi connectivity index (χ1) is 8.17. The molecule has 0 bridgehead atoms. The molecule has 1 amide bonds. The van der Waals surface area contributed by atoms with Crippen molar-refractivity contribution in [2.45, 2.75) is 31.2 Å². The largest absolute Gasteiger partial charge is 0.345 e. The van der Waals surface area contributed by atoms with Crippen LogP contribution < -0.4 is 5.32 Å². The average molecular weight is 272 g/mol. The molecule has 0 aromatic heterocycles. The van der Waals surface area contributed by atoms with Crippen molar-refractivity contribution in [1.82, 2.24) is 5.32 Å². The summed E-state index contributed by atoms with van der Waals surface area (Å²) in [5.41, 5.74) is 0.281. The Bertz CT molecular complexity index is 414. The van der Waals surface area contributed by atoms with Crippen molar-refractivity contribution in [2.75, 3.05) is 5.88 Å². The normalized spacial score (nSPS) is 18.0. The molecule has 1 aliphatic rings. The number of benzene rings is 1. The minimum absolute atomic E-state index is 0.127. The third kappa shape index (κ3) is 2.75. The van der Waals surface area contributed by atoms with Gasteiger partial charge in [0.25, 0.3) is 5.91 Å². The number of nitrogens with one attached hydrogen (secondary N) is 1. The molecule has 92 valence electrons. The molecule has 1 aromatic carbocycles. The molecule has 0 atom stereocenters. The lowest BCUT2D eigenvalue weighted by Gasteiger charge is -2.28. The van der Waals surface area contributed by atoms with Crippen molar-refractivity contribution >= 4 is 29.1 Å². The van der Waals surface area contributed by atoms with Crippen molar-refractivity contribution < 1.29 is 4.79 Å². The minimum Gasteiger partial charge on any atom is -0.345 e. The van der Waals surface area contributed by atoms with Crippen LogP contribution in [0.4, 0.5) is 0 Å². The summed E-state index contributed by atoms with van der Waals surface area (Å²) >= 11 is 12.0. The van der Waals surface area contributed by atoms with E-state index in [4.69, 9.17) is 23.2 Å². The fourth-order valence-electron chi connectivity index (χ4n) is 2.30. The van der Waals surface area contributed by atoms with Crippen LogP contribution in [-0.4, -0.2) is 17.3 Å². The van der Waals surface area contributed by atoms with Crippen LogP contribution in [-0.2, 0) is 0 Å². The smallest absolute Gasteiger partial charge is 0.253 e. The van der Waals surface area contributed by atoms with Crippen LogP contribution in [0.5, 0.6) is 0 Å². The molecular weight excluding hydrogens is 257 g/mol. The molecule has 0 spiro atoms. The number of rotatable bonds is 3. The SMILES string of the molecule is O=C(NC1(CCl)CCCC1)c1ccccc1Cl. The summed E-state index contributed by atoms with van der Waals surface area (Å²) in [5, 5.41) is 3.52. The first-order valence-electron chi connectivity index (χ1n) is 5.80. The predicted molar refractivity (Wildman–Crippen MR) is 70.8 cm³/mol. The van der Waals surface area contributed by atoms with Crippen LogP contribution in [0, 0.1) is 0 Å². The van der Waals surface area contributed by atoms with E-state index in [1.165, 1.54) is 0 Å². The van der Waals surface area contributed by atoms with Crippen molar-refractivity contribution in [3.8, 4) is 0 Å². The number of carbonyl (C=O) groups excluding carboxylic acids is 1. The Morgan fingerprint density at radius 3 is 2.53 bits per heavy atom. The minimum atomic E-state index is -0.238. The van der Waals surface area contributed by atoms with Gasteiger partial charge in [-0.15, -0.1) is 11.6 Å². The highest BCUT2D eigenvalue weighted by Crippen LogP contribution is 2.31. The summed E-state index contributed by atoms with van der Waals surface area (Å²) in [7, 11) is 0. The van der Waals surface area contributed by atoms with Gasteiger partial charge >= 0.3 is 0 Å². The van der Waals surface area contributed by atoms with Crippen LogP contribution >= 0.6 is 23.2 Å². The van der Waals surface area contributed by atoms with Crippen LogP contribution in [0.3, 0.4) is 0 Å². The van der Waals surface area contributed by atoms with Gasteiger partial charge in [0.2, 0.25) is 0 Å². The molecule has 0 radical (unpaired) electrons. The summed E-state index contributed by atoms with van der Waals surface area (Å²) in [5.74, 6) is 0.335. The molecule has 1 aliphatic carbocycles. The molecule has 0 saturated heterocycles. The Labute approximate surface area is 111 Å². The molecule has 17 heavy (non-hydrogen) atoms. The zero-order valence-electron chi connectivity index (χ0n) is 9.51. The van der Waals surface area contributed by atoms with Gasteiger partial charge in [0.15, 0.2) is 0 Å². The van der Waals surface area contributed by atoms with Crippen molar-refractivity contribution in [3.05, 3.63) is 34.9 Å². The van der Waals surface area contributed by atoms with E-state index >= 15 is 0 Å². The van der Waals surface area contributed by atoms with Gasteiger partial charge in [0, 0.05) is 5.88 Å². The number of alkyl halides is 1. The number of hydrogen-bond acceptors (Lipinski definition) is 1. The van der Waals surface area contributed by atoms with Crippen LogP contribution in [0.2, 0.25) is 5.02 Å². The molecule has 1 aromatic rings. The maximum atomic E-state index is 12.1. The molecule has 0 aliphatic heterocycles. The zero-order chi connectivity index (χ0) is 12.3. The van der Waals surface area contributed by atoms with Crippen LogP contribution in [0.15, 0.2) is 24.3 Å². The quantitative estimate of drug-likeness (QED) is 0.836. The summed E-state index contributed by atoms with van der Waals surface area (Å²) in [4.78, 5) is 12.1. The molecule has 0 heterocycles. The maximum Gasteiger partial charge on any atom is 0.253 e. The summed E-state index contributed by atoms with van der Waals surface area (Å²) in [6, 6.07) is 7.07. The summed E-state index contributed by atoms with van der Waals surface area (Å²) in [6.45, 7) is 0. The Morgan fingerprint density at radius 2 is 1.94 bits per heavy atom. The van der Waals surface area contributed by atoms with Crippen molar-refractivity contribution in [1.29, 1.82) is 0 Å². The summed E-state index contributed by atoms with van der Waals surface area (Å²) in [6.07, 6.45) is 4.14. The Kier molecular flexibility index (Phi) is 3.95. The topological polar surface area (TPSA) is 29.1 Å². The van der Waals surface area contributed by atoms with Gasteiger partial charge in [-0.3, -0.25) is 4.79 Å². The van der Waals surface area contributed by atoms with E-state index in [-0.39, 0.29) is 11.4 Å². The maximum absolute atomic E-state index is 12.1. The van der Waals surface area contributed by atoms with E-state index in [1.807, 2.05) is 12.1 Å². The fourth-order valence-corrected chi connectivity index (χ4v) is 2.85. The molecule has 4 heteroatoms. The van der Waals surface area contributed by atoms with E-state index in [0.29, 0.717) is 16.5 Å². The number of halogens is 2. The van der Waals surface area contributed by atoms with Crippen molar-refractivity contribution in [3.63, 3.8) is 0 Å². The fraction of sp³-hybridized carbons (Fsp3) is 0.462. The lowest BCUT2D eigenvalue weighted by atomic mass is 9.99. The highest BCUT2D eigenvalue weighted by molar-refractivity contribution is 6.33. The second-order valence-corrected chi connectivity index (χ2v) is 5.23. The van der Waals surface area contributed by atoms with E-state index in [1.54, 1.807) is 12.1 Å². The lowest BCUT2D eigenvalue weighted by Crippen LogP contribution is -2.47. The predicted octanol–water partition coefficient (Wildman–Crippen LogP) is 3.62. The molecule has 2 nitrogen and oxygen atoms in total. The van der Waals surface area contributed by atoms with Crippen LogP contribution in [0.1, 0.15) is 36.0 Å². The van der Waals surface area contributed by atoms with Gasteiger partial charge < -0.3 is 5.32 Å². The molecule has 1 N–H and O–H groups in total. The Hall–Kier alpha value is -0.730. The second kappa shape index (κ2) is 5.28. The lowest BCUT2D eigenvalue weighted by molar-refractivity contribution is 0.0909. The van der Waals surface area contributed by atoms with E-state index in [9.17, 15) is 4.79 Å². The highest BCUT2D eigenvalue weighted by atomic mass is 35.5. The Balaban J connectivity index is 2.14. The molecule has 1 saturated carbocycles. The monoisotopic (exact) mass is 271 g/mol. The average Bonchev–Trinajstić information content (AvgIpc) is 2.79. The van der Waals surface area contributed by atoms with Crippen LogP contribution in [0.25, 0.3) is 0 Å². The van der Waals surface area contributed by atoms with Gasteiger partial charge in [-0.05, 0) is 25.0 Å². The first-order valence-corrected chi connectivity index (χ1v) is 6.71. The second-order valence-electron chi connectivity index (χ2n) is 4.56. The molecule has 1 fully saturated rings. The van der Waals surface area contributed by atoms with Crippen molar-refractivity contribution in [2.24, 2.45) is 0 Å². The van der Waals surface area contributed by atoms with E-state index in [2.05, 4.69) is 5.32 Å². The third-order valence-electron chi connectivity index (χ3n) is 3.31. The third-order valence-corrected chi connectivity index (χ3v) is 4.15. The number of amides is 1. The van der Waals surface area contributed by atoms with Gasteiger partial charge in [0.05, 0.1) is 16.1 Å². The standard InChI is InChI=1S/C13H15Cl2NO/c14-9-13(7-3-4-8-13)16-12(17)10-5-1-2-6-11(10)15/h1-2,5-6H,3-4,7-9H2,(H,16,17). The zero-order valence-corrected chi connectivity index (χ0v) is 11.0. The van der Waals surface area contributed by atoms with Gasteiger partial charge in [-0.25, -0.2) is 0 Å². The van der Waals surface area contributed by atoms with Gasteiger partial charge in [-0.2, -0.15) is 0 Å². The molecular formula is C13H15Cl2NO. The highest BCUT2D eigenvalue weighted by Gasteiger charge is 2.34. The van der Waals surface area contributed by atoms with Gasteiger partial charge in [-0.1, -0.05) is 36.6 Å². The Morgan fingerprint density at radius 1 is 1.29 bits per heavy atom. The molecule has 0 unspecified atom stereocenters. The van der Waals surface area contributed by atoms with E-state index < -0.39 is 0 Å². The number of carbonyl (C=O) groups is 1. The number of hydrogen-bond donors (Lipinski definition) is 1. The molecule has 2 rings (SSSR count).